The molecular weight excluding hydrogens is 348 g/mol. The van der Waals surface area contributed by atoms with Crippen LogP contribution in [0.2, 0.25) is 0 Å². The molecule has 150 valence electrons. The lowest BCUT2D eigenvalue weighted by Gasteiger charge is -2.26. The van der Waals surface area contributed by atoms with Gasteiger partial charge in [-0.05, 0) is 92.6 Å². The number of hydrogen-bond acceptors (Lipinski definition) is 0. The molecule has 0 unspecified atom stereocenters. The molecule has 2 aromatic rings. The number of rotatable bonds is 1. The van der Waals surface area contributed by atoms with Crippen LogP contribution in [0.5, 0.6) is 0 Å². The summed E-state index contributed by atoms with van der Waals surface area (Å²) in [5, 5.41) is 2.83. The van der Waals surface area contributed by atoms with E-state index in [4.69, 9.17) is 0 Å². The van der Waals surface area contributed by atoms with E-state index in [2.05, 4.69) is 104 Å². The van der Waals surface area contributed by atoms with Crippen molar-refractivity contribution in [1.82, 2.24) is 0 Å². The Balaban J connectivity index is 2.13. The van der Waals surface area contributed by atoms with Gasteiger partial charge in [-0.15, -0.1) is 0 Å². The number of benzene rings is 2. The van der Waals surface area contributed by atoms with Crippen molar-refractivity contribution in [3.8, 4) is 11.1 Å². The largest absolute Gasteiger partial charge is 0.0801 e. The second-order valence-corrected chi connectivity index (χ2v) is 10.9. The average molecular weight is 383 g/mol. The normalized spacial score (nSPS) is 15.1. The lowest BCUT2D eigenvalue weighted by molar-refractivity contribution is 0.583. The summed E-state index contributed by atoms with van der Waals surface area (Å²) in [6.45, 7) is 18.5. The Bertz CT molecular complexity index is 1180. The van der Waals surface area contributed by atoms with Gasteiger partial charge in [0.05, 0.1) is 0 Å². The molecule has 0 atom stereocenters. The first-order chi connectivity index (χ1) is 13.5. The van der Waals surface area contributed by atoms with Crippen molar-refractivity contribution in [1.29, 1.82) is 0 Å². The number of allylic oxidation sites excluding steroid dienone is 4. The highest BCUT2D eigenvalue weighted by Gasteiger charge is 2.27. The molecule has 0 saturated carbocycles. The molecular formula is C29H34. The van der Waals surface area contributed by atoms with Gasteiger partial charge in [-0.2, -0.15) is 0 Å². The van der Waals surface area contributed by atoms with Crippen LogP contribution in [0, 0.1) is 0 Å². The molecule has 0 N–H and O–H groups in total. The molecule has 4 rings (SSSR count). The van der Waals surface area contributed by atoms with Crippen LogP contribution in [0.15, 0.2) is 42.5 Å². The van der Waals surface area contributed by atoms with E-state index in [1.54, 1.807) is 0 Å². The van der Waals surface area contributed by atoms with E-state index in [0.717, 1.165) is 6.42 Å². The third-order valence-corrected chi connectivity index (χ3v) is 6.26. The van der Waals surface area contributed by atoms with Crippen molar-refractivity contribution >= 4 is 17.2 Å². The minimum atomic E-state index is 0.0829. The van der Waals surface area contributed by atoms with Crippen molar-refractivity contribution < 1.29 is 0 Å². The molecule has 0 amide bonds. The molecule has 29 heavy (non-hydrogen) atoms. The molecule has 0 heterocycles. The first-order valence-electron chi connectivity index (χ1n) is 10.9. The Labute approximate surface area is 176 Å². The summed E-state index contributed by atoms with van der Waals surface area (Å²) in [5.41, 5.74) is 11.6. The minimum absolute atomic E-state index is 0.0829. The smallest absolute Gasteiger partial charge is 0.00881 e. The summed E-state index contributed by atoms with van der Waals surface area (Å²) in [7, 11) is 0. The highest BCUT2D eigenvalue weighted by Crippen LogP contribution is 2.36. The summed E-state index contributed by atoms with van der Waals surface area (Å²) in [5.74, 6) is 0. The van der Waals surface area contributed by atoms with E-state index in [1.807, 2.05) is 0 Å². The Kier molecular flexibility index (Phi) is 4.53. The van der Waals surface area contributed by atoms with E-state index < -0.39 is 0 Å². The Morgan fingerprint density at radius 2 is 1.59 bits per heavy atom. The number of hydrogen-bond donors (Lipinski definition) is 0. The summed E-state index contributed by atoms with van der Waals surface area (Å²) in [4.78, 5) is 0. The maximum atomic E-state index is 2.46. The van der Waals surface area contributed by atoms with E-state index in [-0.39, 0.29) is 10.8 Å². The van der Waals surface area contributed by atoms with Gasteiger partial charge in [-0.3, -0.25) is 0 Å². The Morgan fingerprint density at radius 1 is 0.862 bits per heavy atom. The van der Waals surface area contributed by atoms with E-state index in [9.17, 15) is 0 Å². The molecule has 0 radical (unpaired) electrons. The van der Waals surface area contributed by atoms with Crippen LogP contribution in [0.4, 0.5) is 0 Å². The molecule has 0 spiro atoms. The molecule has 0 heteroatoms. The fourth-order valence-electron chi connectivity index (χ4n) is 4.76. The van der Waals surface area contributed by atoms with Crippen LogP contribution in [-0.2, 0) is 10.8 Å². The van der Waals surface area contributed by atoms with E-state index >= 15 is 0 Å². The summed E-state index contributed by atoms with van der Waals surface area (Å²) < 4.78 is 0. The molecule has 0 saturated heterocycles. The van der Waals surface area contributed by atoms with E-state index in [0.29, 0.717) is 0 Å². The fraction of sp³-hybridized carbons (Fsp3) is 0.379. The van der Waals surface area contributed by atoms with E-state index in [1.165, 1.54) is 55.0 Å². The zero-order valence-electron chi connectivity index (χ0n) is 19.3. The third-order valence-electron chi connectivity index (χ3n) is 6.26. The van der Waals surface area contributed by atoms with Gasteiger partial charge in [-0.25, -0.2) is 0 Å². The van der Waals surface area contributed by atoms with Crippen molar-refractivity contribution in [2.24, 2.45) is 0 Å². The second-order valence-electron chi connectivity index (χ2n) is 10.9. The van der Waals surface area contributed by atoms with Crippen LogP contribution < -0.4 is 10.4 Å². The maximum absolute atomic E-state index is 2.46. The SMILES string of the molecule is CC(C)=c1cc2c(c(C3=CC=CC3)c1C(C)(C)C)=Cc1cc(C(C)(C)C)ccc1-2. The average Bonchev–Trinajstić information content (AvgIpc) is 3.25. The standard InChI is InChI=1S/C29H34/c1-18(2)23-17-24-22-14-13-21(28(3,4)5)15-20(22)16-25(24)26(19-11-9-10-12-19)27(23)29(6,7)8/h9-11,13-17H,12H2,1-8H3. The summed E-state index contributed by atoms with van der Waals surface area (Å²) in [6.07, 6.45) is 10.3. The predicted molar refractivity (Wildman–Crippen MR) is 129 cm³/mol. The van der Waals surface area contributed by atoms with Gasteiger partial charge in [0, 0.05) is 0 Å². The molecule has 2 aromatic carbocycles. The van der Waals surface area contributed by atoms with Gasteiger partial charge in [0.1, 0.15) is 0 Å². The molecule has 0 nitrogen and oxygen atoms in total. The molecule has 2 aliphatic carbocycles. The lowest BCUT2D eigenvalue weighted by Crippen LogP contribution is -2.31. The monoisotopic (exact) mass is 382 g/mol. The Hall–Kier alpha value is -2.34. The van der Waals surface area contributed by atoms with Crippen LogP contribution in [0.3, 0.4) is 0 Å². The highest BCUT2D eigenvalue weighted by atomic mass is 14.3. The first-order valence-corrected chi connectivity index (χ1v) is 10.9. The van der Waals surface area contributed by atoms with Gasteiger partial charge < -0.3 is 0 Å². The van der Waals surface area contributed by atoms with Gasteiger partial charge in [0.2, 0.25) is 0 Å². The second kappa shape index (κ2) is 6.59. The molecule has 0 fully saturated rings. The molecule has 0 aromatic heterocycles. The molecule has 0 bridgehead atoms. The topological polar surface area (TPSA) is 0 Å². The van der Waals surface area contributed by atoms with Gasteiger partial charge >= 0.3 is 0 Å². The van der Waals surface area contributed by atoms with Crippen molar-refractivity contribution in [3.05, 3.63) is 75.2 Å². The van der Waals surface area contributed by atoms with Crippen molar-refractivity contribution in [2.45, 2.75) is 72.6 Å². The van der Waals surface area contributed by atoms with Gasteiger partial charge in [0.25, 0.3) is 0 Å². The number of fused-ring (bicyclic) bond motifs is 3. The fourth-order valence-corrected chi connectivity index (χ4v) is 4.76. The molecule has 2 aliphatic rings. The minimum Gasteiger partial charge on any atom is -0.0801 e. The van der Waals surface area contributed by atoms with Crippen molar-refractivity contribution in [3.63, 3.8) is 0 Å². The maximum Gasteiger partial charge on any atom is -0.00881 e. The first kappa shape index (κ1) is 20.0. The molecule has 0 aliphatic heterocycles. The third kappa shape index (κ3) is 3.33. The van der Waals surface area contributed by atoms with Gasteiger partial charge in [-0.1, -0.05) is 83.5 Å². The zero-order valence-corrected chi connectivity index (χ0v) is 19.3. The van der Waals surface area contributed by atoms with Crippen LogP contribution in [-0.4, -0.2) is 0 Å². The van der Waals surface area contributed by atoms with Crippen LogP contribution in [0.1, 0.15) is 84.1 Å². The van der Waals surface area contributed by atoms with Crippen molar-refractivity contribution in [2.75, 3.05) is 0 Å². The van der Waals surface area contributed by atoms with Gasteiger partial charge in [0.15, 0.2) is 0 Å². The quantitative estimate of drug-likeness (QED) is 0.443. The highest BCUT2D eigenvalue weighted by molar-refractivity contribution is 5.89. The van der Waals surface area contributed by atoms with Crippen LogP contribution >= 0.6 is 0 Å². The summed E-state index contributed by atoms with van der Waals surface area (Å²) in [6, 6.07) is 9.52. The Morgan fingerprint density at radius 3 is 2.14 bits per heavy atom. The lowest BCUT2D eigenvalue weighted by atomic mass is 9.77. The summed E-state index contributed by atoms with van der Waals surface area (Å²) >= 11 is 0. The zero-order chi connectivity index (χ0) is 21.1. The predicted octanol–water partition coefficient (Wildman–Crippen LogP) is 6.62. The van der Waals surface area contributed by atoms with Crippen LogP contribution in [0.25, 0.3) is 28.3 Å².